The van der Waals surface area contributed by atoms with Crippen LogP contribution in [0.2, 0.25) is 0 Å². The van der Waals surface area contributed by atoms with E-state index in [0.717, 1.165) is 14.6 Å². The van der Waals surface area contributed by atoms with Crippen LogP contribution in [0.3, 0.4) is 0 Å². The molecule has 0 saturated heterocycles. The number of nitrogens with two attached hydrogens (primary N) is 1. The SMILES string of the molecule is NCC#Cc1ccc(CNC(=O)c2cc3sccc3s2)s1. The Balaban J connectivity index is 1.63. The number of amides is 1. The Bertz CT molecular complexity index is 803. The van der Waals surface area contributed by atoms with Crippen LogP contribution in [0.4, 0.5) is 0 Å². The highest BCUT2D eigenvalue weighted by Crippen LogP contribution is 2.29. The Morgan fingerprint density at radius 3 is 2.95 bits per heavy atom. The fraction of sp³-hybridized carbons (Fsp3) is 0.133. The van der Waals surface area contributed by atoms with E-state index in [1.165, 1.54) is 20.7 Å². The highest BCUT2D eigenvalue weighted by molar-refractivity contribution is 7.27. The molecule has 3 heterocycles. The van der Waals surface area contributed by atoms with Crippen LogP contribution in [0.25, 0.3) is 9.40 Å². The van der Waals surface area contributed by atoms with E-state index in [4.69, 9.17) is 5.73 Å². The van der Waals surface area contributed by atoms with Gasteiger partial charge in [-0.05, 0) is 29.6 Å². The first kappa shape index (κ1) is 14.3. The highest BCUT2D eigenvalue weighted by Gasteiger charge is 2.11. The molecule has 21 heavy (non-hydrogen) atoms. The first-order chi connectivity index (χ1) is 10.3. The molecule has 3 N–H and O–H groups in total. The van der Waals surface area contributed by atoms with Crippen molar-refractivity contribution in [2.45, 2.75) is 6.54 Å². The zero-order valence-electron chi connectivity index (χ0n) is 11.0. The minimum atomic E-state index is -0.0219. The third-order valence-corrected chi connectivity index (χ3v) is 5.85. The van der Waals surface area contributed by atoms with Gasteiger partial charge in [0.2, 0.25) is 0 Å². The van der Waals surface area contributed by atoms with Crippen LogP contribution in [0.1, 0.15) is 19.4 Å². The molecule has 106 valence electrons. The second-order valence-corrected chi connectivity index (χ2v) is 7.41. The normalized spacial score (nSPS) is 10.3. The molecule has 0 radical (unpaired) electrons. The van der Waals surface area contributed by atoms with E-state index >= 15 is 0 Å². The number of fused-ring (bicyclic) bond motifs is 1. The maximum Gasteiger partial charge on any atom is 0.261 e. The first-order valence-corrected chi connectivity index (χ1v) is 8.80. The van der Waals surface area contributed by atoms with Crippen LogP contribution in [-0.2, 0) is 6.54 Å². The summed E-state index contributed by atoms with van der Waals surface area (Å²) in [5.74, 6) is 5.79. The second kappa shape index (κ2) is 6.41. The van der Waals surface area contributed by atoms with Gasteiger partial charge in [0.15, 0.2) is 0 Å². The van der Waals surface area contributed by atoms with Gasteiger partial charge in [0.1, 0.15) is 0 Å². The summed E-state index contributed by atoms with van der Waals surface area (Å²) in [5.41, 5.74) is 5.35. The molecule has 1 amide bonds. The van der Waals surface area contributed by atoms with Crippen LogP contribution in [0, 0.1) is 11.8 Å². The Hall–Kier alpha value is -1.65. The van der Waals surface area contributed by atoms with Crippen LogP contribution >= 0.6 is 34.0 Å². The van der Waals surface area contributed by atoms with E-state index in [9.17, 15) is 4.79 Å². The van der Waals surface area contributed by atoms with E-state index in [1.54, 1.807) is 22.7 Å². The summed E-state index contributed by atoms with van der Waals surface area (Å²) in [5, 5.41) is 4.99. The van der Waals surface area contributed by atoms with E-state index in [0.29, 0.717) is 13.1 Å². The van der Waals surface area contributed by atoms with Gasteiger partial charge in [-0.25, -0.2) is 0 Å². The van der Waals surface area contributed by atoms with Gasteiger partial charge in [-0.2, -0.15) is 0 Å². The number of rotatable bonds is 3. The van der Waals surface area contributed by atoms with Gasteiger partial charge in [0.25, 0.3) is 5.91 Å². The van der Waals surface area contributed by atoms with Crippen LogP contribution in [-0.4, -0.2) is 12.5 Å². The van der Waals surface area contributed by atoms with E-state index in [1.807, 2.05) is 29.6 Å². The predicted molar refractivity (Wildman–Crippen MR) is 91.1 cm³/mol. The van der Waals surface area contributed by atoms with Crippen molar-refractivity contribution < 1.29 is 4.79 Å². The quantitative estimate of drug-likeness (QED) is 0.723. The molecule has 0 aliphatic carbocycles. The molecule has 0 atom stereocenters. The van der Waals surface area contributed by atoms with Crippen molar-refractivity contribution in [2.24, 2.45) is 5.73 Å². The molecule has 0 fully saturated rings. The Kier molecular flexibility index (Phi) is 4.36. The molecular formula is C15H12N2OS3. The number of carbonyl (C=O) groups excluding carboxylic acids is 1. The van der Waals surface area contributed by atoms with E-state index in [2.05, 4.69) is 17.2 Å². The molecule has 3 nitrogen and oxygen atoms in total. The van der Waals surface area contributed by atoms with E-state index < -0.39 is 0 Å². The number of nitrogens with one attached hydrogen (secondary N) is 1. The minimum absolute atomic E-state index is 0.0219. The molecule has 0 aromatic carbocycles. The molecule has 0 aliphatic heterocycles. The molecule has 0 spiro atoms. The maximum atomic E-state index is 12.1. The molecule has 0 saturated carbocycles. The third-order valence-electron chi connectivity index (χ3n) is 2.76. The predicted octanol–water partition coefficient (Wildman–Crippen LogP) is 3.26. The summed E-state index contributed by atoms with van der Waals surface area (Å²) < 4.78 is 2.33. The van der Waals surface area contributed by atoms with Gasteiger partial charge in [0.05, 0.1) is 22.8 Å². The number of carbonyl (C=O) groups is 1. The van der Waals surface area contributed by atoms with Crippen LogP contribution < -0.4 is 11.1 Å². The molecular weight excluding hydrogens is 320 g/mol. The molecule has 6 heteroatoms. The summed E-state index contributed by atoms with van der Waals surface area (Å²) in [4.78, 5) is 14.9. The van der Waals surface area contributed by atoms with Crippen molar-refractivity contribution in [3.63, 3.8) is 0 Å². The van der Waals surface area contributed by atoms with Crippen molar-refractivity contribution in [3.05, 3.63) is 44.3 Å². The van der Waals surface area contributed by atoms with Crippen LogP contribution in [0.5, 0.6) is 0 Å². The second-order valence-electron chi connectivity index (χ2n) is 4.21. The molecule has 3 aromatic heterocycles. The average Bonchev–Trinajstić information content (AvgIpc) is 3.17. The monoisotopic (exact) mass is 332 g/mol. The summed E-state index contributed by atoms with van der Waals surface area (Å²) in [6.45, 7) is 0.888. The van der Waals surface area contributed by atoms with Gasteiger partial charge < -0.3 is 11.1 Å². The topological polar surface area (TPSA) is 55.1 Å². The lowest BCUT2D eigenvalue weighted by molar-refractivity contribution is 0.0955. The zero-order valence-corrected chi connectivity index (χ0v) is 13.5. The van der Waals surface area contributed by atoms with Crippen molar-refractivity contribution >= 4 is 49.3 Å². The summed E-state index contributed by atoms with van der Waals surface area (Å²) in [7, 11) is 0. The Labute approximate surface area is 134 Å². The van der Waals surface area contributed by atoms with Crippen LogP contribution in [0.15, 0.2) is 29.6 Å². The number of hydrogen-bond donors (Lipinski definition) is 2. The lowest BCUT2D eigenvalue weighted by atomic mass is 10.4. The fourth-order valence-electron chi connectivity index (χ4n) is 1.81. The highest BCUT2D eigenvalue weighted by atomic mass is 32.1. The molecule has 3 aromatic rings. The zero-order chi connectivity index (χ0) is 14.7. The minimum Gasteiger partial charge on any atom is -0.346 e. The third kappa shape index (κ3) is 3.34. The lowest BCUT2D eigenvalue weighted by Crippen LogP contribution is -2.21. The van der Waals surface area contributed by atoms with Gasteiger partial charge in [-0.1, -0.05) is 11.8 Å². The largest absolute Gasteiger partial charge is 0.346 e. The summed E-state index contributed by atoms with van der Waals surface area (Å²) in [6, 6.07) is 7.93. The van der Waals surface area contributed by atoms with Gasteiger partial charge in [-0.15, -0.1) is 34.0 Å². The standard InChI is InChI=1S/C15H12N2OS3/c16-6-1-2-10-3-4-11(20-10)9-17-15(18)14-8-13-12(21-14)5-7-19-13/h3-5,7-8H,6,9,16H2,(H,17,18). The van der Waals surface area contributed by atoms with Gasteiger partial charge in [-0.3, -0.25) is 4.79 Å². The Morgan fingerprint density at radius 1 is 1.24 bits per heavy atom. The number of hydrogen-bond acceptors (Lipinski definition) is 5. The average molecular weight is 332 g/mol. The molecule has 3 rings (SSSR count). The van der Waals surface area contributed by atoms with Gasteiger partial charge >= 0.3 is 0 Å². The van der Waals surface area contributed by atoms with Crippen molar-refractivity contribution in [2.75, 3.05) is 6.54 Å². The van der Waals surface area contributed by atoms with Gasteiger partial charge in [0, 0.05) is 14.3 Å². The first-order valence-electron chi connectivity index (χ1n) is 6.29. The Morgan fingerprint density at radius 2 is 2.14 bits per heavy atom. The maximum absolute atomic E-state index is 12.1. The fourth-order valence-corrected chi connectivity index (χ4v) is 4.66. The van der Waals surface area contributed by atoms with Crippen molar-refractivity contribution in [1.29, 1.82) is 0 Å². The molecule has 0 bridgehead atoms. The lowest BCUT2D eigenvalue weighted by Gasteiger charge is -2.00. The van der Waals surface area contributed by atoms with Crippen molar-refractivity contribution in [3.8, 4) is 11.8 Å². The molecule has 0 aliphatic rings. The summed E-state index contributed by atoms with van der Waals surface area (Å²) in [6.07, 6.45) is 0. The van der Waals surface area contributed by atoms with E-state index in [-0.39, 0.29) is 5.91 Å². The smallest absolute Gasteiger partial charge is 0.261 e. The number of thiophene rings is 3. The summed E-state index contributed by atoms with van der Waals surface area (Å²) >= 11 is 4.77. The molecule has 0 unspecified atom stereocenters. The van der Waals surface area contributed by atoms with Crippen molar-refractivity contribution in [1.82, 2.24) is 5.32 Å².